The van der Waals surface area contributed by atoms with E-state index in [1.54, 1.807) is 6.20 Å². The van der Waals surface area contributed by atoms with Crippen molar-refractivity contribution in [2.45, 2.75) is 32.2 Å². The summed E-state index contributed by atoms with van der Waals surface area (Å²) in [5.74, 6) is -0.149. The molecule has 3 aromatic heterocycles. The Morgan fingerprint density at radius 1 is 1.15 bits per heavy atom. The molecule has 34 heavy (non-hydrogen) atoms. The third-order valence-corrected chi connectivity index (χ3v) is 7.00. The molecule has 1 N–H and O–H groups in total. The molecule has 1 saturated carbocycles. The number of hydrogen-bond acceptors (Lipinski definition) is 5. The molecule has 1 amide bonds. The molecular weight excluding hydrogens is 428 g/mol. The first-order valence-electron chi connectivity index (χ1n) is 11.8. The number of hydrogen-bond donors (Lipinski definition) is 1. The lowest BCUT2D eigenvalue weighted by molar-refractivity contribution is 0.102. The van der Waals surface area contributed by atoms with Gasteiger partial charge in [-0.3, -0.25) is 9.48 Å². The number of carbonyl (C=O) groups is 1. The average molecular weight is 457 g/mol. The smallest absolute Gasteiger partial charge is 0.258 e. The van der Waals surface area contributed by atoms with Crippen LogP contribution in [0.3, 0.4) is 0 Å². The van der Waals surface area contributed by atoms with Crippen LogP contribution in [0, 0.1) is 6.92 Å². The summed E-state index contributed by atoms with van der Waals surface area (Å²) in [6, 6.07) is 8.23. The second-order valence-corrected chi connectivity index (χ2v) is 9.53. The predicted molar refractivity (Wildman–Crippen MR) is 131 cm³/mol. The number of carbonyl (C=O) groups excluding carboxylic acids is 1. The monoisotopic (exact) mass is 456 g/mol. The fraction of sp³-hybridized carbons (Fsp3) is 0.346. The molecule has 174 valence electrons. The van der Waals surface area contributed by atoms with E-state index in [2.05, 4.69) is 50.8 Å². The molecule has 1 aliphatic carbocycles. The Kier molecular flexibility index (Phi) is 4.91. The number of pyridine rings is 1. The maximum atomic E-state index is 12.9. The molecule has 0 unspecified atom stereocenters. The Bertz CT molecular complexity index is 1380. The average Bonchev–Trinajstić information content (AvgIpc) is 3.25. The first-order valence-corrected chi connectivity index (χ1v) is 11.8. The number of nitrogens with zero attached hydrogens (tertiary/aromatic N) is 5. The van der Waals surface area contributed by atoms with Crippen LogP contribution in [0.25, 0.3) is 16.8 Å². The zero-order valence-corrected chi connectivity index (χ0v) is 19.5. The van der Waals surface area contributed by atoms with Gasteiger partial charge in [-0.15, -0.1) is 0 Å². The second-order valence-electron chi connectivity index (χ2n) is 9.53. The summed E-state index contributed by atoms with van der Waals surface area (Å²) in [5.41, 5.74) is 6.73. The van der Waals surface area contributed by atoms with Crippen LogP contribution in [0.5, 0.6) is 0 Å². The van der Waals surface area contributed by atoms with Crippen molar-refractivity contribution in [3.05, 3.63) is 66.4 Å². The van der Waals surface area contributed by atoms with Gasteiger partial charge in [-0.2, -0.15) is 5.10 Å². The Labute approximate surface area is 198 Å². The second kappa shape index (κ2) is 7.99. The molecule has 1 aromatic carbocycles. The molecule has 6 rings (SSSR count). The molecule has 0 bridgehead atoms. The van der Waals surface area contributed by atoms with Gasteiger partial charge in [-0.05, 0) is 56.0 Å². The van der Waals surface area contributed by atoms with E-state index in [4.69, 9.17) is 4.74 Å². The summed E-state index contributed by atoms with van der Waals surface area (Å²) in [5, 5.41) is 7.46. The minimum absolute atomic E-state index is 0.0692. The fourth-order valence-corrected chi connectivity index (χ4v) is 4.56. The largest absolute Gasteiger partial charge is 0.378 e. The lowest BCUT2D eigenvalue weighted by Crippen LogP contribution is -2.36. The van der Waals surface area contributed by atoms with Crippen molar-refractivity contribution < 1.29 is 9.53 Å². The quantitative estimate of drug-likeness (QED) is 0.489. The maximum Gasteiger partial charge on any atom is 0.258 e. The lowest BCUT2D eigenvalue weighted by atomic mass is 10.0. The van der Waals surface area contributed by atoms with Crippen molar-refractivity contribution >= 4 is 22.9 Å². The Morgan fingerprint density at radius 3 is 2.76 bits per heavy atom. The molecule has 4 heterocycles. The number of nitrogens with one attached hydrogen (secondary N) is 1. The van der Waals surface area contributed by atoms with Gasteiger partial charge < -0.3 is 19.4 Å². The number of amides is 1. The topological polar surface area (TPSA) is 76.7 Å². The van der Waals surface area contributed by atoms with Gasteiger partial charge in [0.05, 0.1) is 36.2 Å². The molecular formula is C26H28N6O2. The van der Waals surface area contributed by atoms with Gasteiger partial charge in [-0.1, -0.05) is 6.07 Å². The van der Waals surface area contributed by atoms with Crippen LogP contribution in [0.15, 0.2) is 55.2 Å². The van der Waals surface area contributed by atoms with E-state index in [9.17, 15) is 4.79 Å². The number of benzene rings is 1. The van der Waals surface area contributed by atoms with Crippen LogP contribution in [-0.2, 0) is 10.3 Å². The lowest BCUT2D eigenvalue weighted by Gasteiger charge is -2.29. The zero-order chi connectivity index (χ0) is 23.3. The third kappa shape index (κ3) is 3.74. The SMILES string of the molecule is Cc1ccc(NC(=O)c2cnn(C3(C)CC3)c2)cc1-c1cc(N2CCOCC2)c2nccn2c1. The van der Waals surface area contributed by atoms with Gasteiger partial charge in [0.1, 0.15) is 0 Å². The van der Waals surface area contributed by atoms with Crippen molar-refractivity contribution in [1.82, 2.24) is 19.2 Å². The summed E-state index contributed by atoms with van der Waals surface area (Å²) < 4.78 is 9.53. The summed E-state index contributed by atoms with van der Waals surface area (Å²) in [6.07, 6.45) is 11.6. The zero-order valence-electron chi connectivity index (χ0n) is 19.5. The van der Waals surface area contributed by atoms with E-state index in [0.29, 0.717) is 18.8 Å². The van der Waals surface area contributed by atoms with Crippen molar-refractivity contribution in [3.63, 3.8) is 0 Å². The number of rotatable bonds is 5. The molecule has 0 radical (unpaired) electrons. The summed E-state index contributed by atoms with van der Waals surface area (Å²) >= 11 is 0. The highest BCUT2D eigenvalue weighted by Gasteiger charge is 2.40. The van der Waals surface area contributed by atoms with Gasteiger partial charge in [0.15, 0.2) is 5.65 Å². The van der Waals surface area contributed by atoms with Crippen molar-refractivity contribution in [1.29, 1.82) is 0 Å². The molecule has 1 saturated heterocycles. The van der Waals surface area contributed by atoms with Gasteiger partial charge in [-0.25, -0.2) is 4.98 Å². The van der Waals surface area contributed by atoms with Gasteiger partial charge in [0.2, 0.25) is 0 Å². The molecule has 0 atom stereocenters. The Morgan fingerprint density at radius 2 is 1.97 bits per heavy atom. The van der Waals surface area contributed by atoms with Gasteiger partial charge in [0, 0.05) is 49.1 Å². The standard InChI is InChI=1S/C26H28N6O2/c1-18-3-4-21(29-25(33)20-15-28-32(17-20)26(2)5-6-26)14-22(18)19-13-23(30-9-11-34-12-10-30)24-27-7-8-31(24)16-19/h3-4,7-8,13-17H,5-6,9-12H2,1-2H3,(H,29,33). The van der Waals surface area contributed by atoms with Crippen molar-refractivity contribution in [2.75, 3.05) is 36.5 Å². The number of aromatic nitrogens is 4. The first-order chi connectivity index (χ1) is 16.5. The molecule has 2 fully saturated rings. The number of aryl methyl sites for hydroxylation is 1. The highest BCUT2D eigenvalue weighted by molar-refractivity contribution is 6.04. The van der Waals surface area contributed by atoms with E-state index >= 15 is 0 Å². The summed E-state index contributed by atoms with van der Waals surface area (Å²) in [4.78, 5) is 19.8. The highest BCUT2D eigenvalue weighted by Crippen LogP contribution is 2.42. The van der Waals surface area contributed by atoms with Crippen molar-refractivity contribution in [3.8, 4) is 11.1 Å². The van der Waals surface area contributed by atoms with E-state index in [-0.39, 0.29) is 11.4 Å². The summed E-state index contributed by atoms with van der Waals surface area (Å²) in [7, 11) is 0. The number of fused-ring (bicyclic) bond motifs is 1. The van der Waals surface area contributed by atoms with Crippen LogP contribution in [-0.4, -0.2) is 51.4 Å². The van der Waals surface area contributed by atoms with E-state index in [1.165, 1.54) is 0 Å². The fourth-order valence-electron chi connectivity index (χ4n) is 4.56. The Hall–Kier alpha value is -3.65. The number of ether oxygens (including phenoxy) is 1. The molecule has 4 aromatic rings. The third-order valence-electron chi connectivity index (χ3n) is 7.00. The van der Waals surface area contributed by atoms with Crippen LogP contribution >= 0.6 is 0 Å². The van der Waals surface area contributed by atoms with Crippen LogP contribution in [0.2, 0.25) is 0 Å². The number of imidazole rings is 1. The van der Waals surface area contributed by atoms with Gasteiger partial charge >= 0.3 is 0 Å². The normalized spacial score (nSPS) is 17.2. The van der Waals surface area contributed by atoms with Crippen molar-refractivity contribution in [2.24, 2.45) is 0 Å². The van der Waals surface area contributed by atoms with E-state index in [1.807, 2.05) is 41.5 Å². The molecule has 0 spiro atoms. The van der Waals surface area contributed by atoms with E-state index in [0.717, 1.165) is 59.6 Å². The summed E-state index contributed by atoms with van der Waals surface area (Å²) in [6.45, 7) is 7.37. The highest BCUT2D eigenvalue weighted by atomic mass is 16.5. The number of morpholine rings is 1. The Balaban J connectivity index is 1.31. The maximum absolute atomic E-state index is 12.9. The van der Waals surface area contributed by atoms with Crippen LogP contribution in [0.1, 0.15) is 35.7 Å². The van der Waals surface area contributed by atoms with Crippen LogP contribution < -0.4 is 10.2 Å². The molecule has 8 nitrogen and oxygen atoms in total. The van der Waals surface area contributed by atoms with Crippen LogP contribution in [0.4, 0.5) is 11.4 Å². The molecule has 2 aliphatic rings. The van der Waals surface area contributed by atoms with E-state index < -0.39 is 0 Å². The predicted octanol–water partition coefficient (Wildman–Crippen LogP) is 4.10. The number of anilines is 2. The minimum atomic E-state index is -0.149. The molecule has 8 heteroatoms. The van der Waals surface area contributed by atoms with Gasteiger partial charge in [0.25, 0.3) is 5.91 Å². The molecule has 1 aliphatic heterocycles. The first kappa shape index (κ1) is 20.9. The minimum Gasteiger partial charge on any atom is -0.378 e.